The molecule has 1 atom stereocenters. The molecule has 0 aliphatic carbocycles. The lowest BCUT2D eigenvalue weighted by Gasteiger charge is -2.23. The first-order chi connectivity index (χ1) is 11.5. The second kappa shape index (κ2) is 7.09. The van der Waals surface area contributed by atoms with Gasteiger partial charge in [-0.05, 0) is 36.8 Å². The van der Waals surface area contributed by atoms with Crippen molar-refractivity contribution < 1.29 is 4.79 Å². The average molecular weight is 379 g/mol. The fourth-order valence-electron chi connectivity index (χ4n) is 2.40. The van der Waals surface area contributed by atoms with E-state index < -0.39 is 0 Å². The van der Waals surface area contributed by atoms with Gasteiger partial charge < -0.3 is 4.90 Å². The number of amides is 1. The second-order valence-corrected chi connectivity index (χ2v) is 7.50. The molecule has 0 aliphatic heterocycles. The van der Waals surface area contributed by atoms with E-state index in [1.807, 2.05) is 37.3 Å². The van der Waals surface area contributed by atoms with Crippen LogP contribution < -0.4 is 0 Å². The van der Waals surface area contributed by atoms with E-state index in [4.69, 9.17) is 23.2 Å². The normalized spacial score (nSPS) is 12.3. The fourth-order valence-corrected chi connectivity index (χ4v) is 3.78. The minimum atomic E-state index is -0.0855. The summed E-state index contributed by atoms with van der Waals surface area (Å²) in [5.74, 6) is 0.0140. The van der Waals surface area contributed by atoms with Crippen LogP contribution >= 0.6 is 34.5 Å². The maximum Gasteiger partial charge on any atom is 0.227 e. The number of para-hydroxylation sites is 1. The van der Waals surface area contributed by atoms with E-state index in [2.05, 4.69) is 4.98 Å². The number of nitrogens with zero attached hydrogens (tertiary/aromatic N) is 2. The first-order valence-corrected chi connectivity index (χ1v) is 9.08. The van der Waals surface area contributed by atoms with Crippen LogP contribution in [0.3, 0.4) is 0 Å². The maximum absolute atomic E-state index is 12.6. The van der Waals surface area contributed by atoms with Crippen LogP contribution in [0.5, 0.6) is 0 Å². The molecule has 0 spiro atoms. The number of thiazole rings is 1. The maximum atomic E-state index is 12.6. The lowest BCUT2D eigenvalue weighted by atomic mass is 10.1. The van der Waals surface area contributed by atoms with Crippen molar-refractivity contribution >= 4 is 50.7 Å². The summed E-state index contributed by atoms with van der Waals surface area (Å²) in [5, 5.41) is 1.88. The molecule has 0 bridgehead atoms. The molecule has 0 N–H and O–H groups in total. The predicted octanol–water partition coefficient (Wildman–Crippen LogP) is 5.37. The molecule has 2 aromatic carbocycles. The second-order valence-electron chi connectivity index (χ2n) is 5.63. The summed E-state index contributed by atoms with van der Waals surface area (Å²) in [6.45, 7) is 1.99. The smallest absolute Gasteiger partial charge is 0.227 e. The summed E-state index contributed by atoms with van der Waals surface area (Å²) in [6, 6.07) is 13.2. The van der Waals surface area contributed by atoms with Gasteiger partial charge in [-0.15, -0.1) is 11.3 Å². The first kappa shape index (κ1) is 17.2. The Bertz CT molecular complexity index is 861. The van der Waals surface area contributed by atoms with Gasteiger partial charge in [0.2, 0.25) is 5.91 Å². The molecule has 0 aliphatic rings. The van der Waals surface area contributed by atoms with Gasteiger partial charge >= 0.3 is 0 Å². The first-order valence-electron chi connectivity index (χ1n) is 7.51. The van der Waals surface area contributed by atoms with Crippen molar-refractivity contribution in [2.45, 2.75) is 19.4 Å². The van der Waals surface area contributed by atoms with Crippen molar-refractivity contribution in [3.05, 3.63) is 63.1 Å². The standard InChI is InChI=1S/C18H16Cl2N2OS/c1-11(18-21-15-5-3-4-6-16(15)24-18)22(2)17(23)10-12-7-8-13(19)14(20)9-12/h3-9,11H,10H2,1-2H3. The molecule has 1 heterocycles. The number of hydrogen-bond acceptors (Lipinski definition) is 3. The topological polar surface area (TPSA) is 33.2 Å². The van der Waals surface area contributed by atoms with Crippen molar-refractivity contribution in [1.29, 1.82) is 0 Å². The van der Waals surface area contributed by atoms with Crippen LogP contribution in [0.1, 0.15) is 23.5 Å². The average Bonchev–Trinajstić information content (AvgIpc) is 3.01. The predicted molar refractivity (Wildman–Crippen MR) is 101 cm³/mol. The van der Waals surface area contributed by atoms with E-state index in [-0.39, 0.29) is 18.4 Å². The van der Waals surface area contributed by atoms with Crippen LogP contribution in [0.25, 0.3) is 10.2 Å². The van der Waals surface area contributed by atoms with Crippen molar-refractivity contribution in [2.75, 3.05) is 7.05 Å². The minimum absolute atomic E-state index is 0.0140. The number of likely N-dealkylation sites (N-methyl/N-ethyl adjacent to an activating group) is 1. The lowest BCUT2D eigenvalue weighted by molar-refractivity contribution is -0.131. The molecule has 3 aromatic rings. The van der Waals surface area contributed by atoms with E-state index in [0.29, 0.717) is 10.0 Å². The SMILES string of the molecule is CC(c1nc2ccccc2s1)N(C)C(=O)Cc1ccc(Cl)c(Cl)c1. The van der Waals surface area contributed by atoms with Gasteiger partial charge in [0.15, 0.2) is 0 Å². The number of halogens is 2. The number of benzene rings is 2. The number of carbonyl (C=O) groups is 1. The summed E-state index contributed by atoms with van der Waals surface area (Å²) in [6.07, 6.45) is 0.280. The molecule has 0 saturated carbocycles. The van der Waals surface area contributed by atoms with Crippen LogP contribution in [0.4, 0.5) is 0 Å². The summed E-state index contributed by atoms with van der Waals surface area (Å²) >= 11 is 13.5. The summed E-state index contributed by atoms with van der Waals surface area (Å²) in [7, 11) is 1.80. The summed E-state index contributed by atoms with van der Waals surface area (Å²) in [4.78, 5) is 18.9. The monoisotopic (exact) mass is 378 g/mol. The Morgan fingerprint density at radius 2 is 1.96 bits per heavy atom. The number of hydrogen-bond donors (Lipinski definition) is 0. The lowest BCUT2D eigenvalue weighted by Crippen LogP contribution is -2.30. The van der Waals surface area contributed by atoms with Crippen molar-refractivity contribution in [2.24, 2.45) is 0 Å². The molecule has 1 amide bonds. The molecule has 1 unspecified atom stereocenters. The molecule has 0 fully saturated rings. The van der Waals surface area contributed by atoms with E-state index >= 15 is 0 Å². The minimum Gasteiger partial charge on any atom is -0.336 e. The number of fused-ring (bicyclic) bond motifs is 1. The molecule has 0 radical (unpaired) electrons. The fraction of sp³-hybridized carbons (Fsp3) is 0.222. The van der Waals surface area contributed by atoms with Gasteiger partial charge in [-0.1, -0.05) is 41.4 Å². The van der Waals surface area contributed by atoms with Gasteiger partial charge in [0.25, 0.3) is 0 Å². The zero-order chi connectivity index (χ0) is 17.3. The van der Waals surface area contributed by atoms with Crippen molar-refractivity contribution in [1.82, 2.24) is 9.88 Å². The van der Waals surface area contributed by atoms with E-state index in [9.17, 15) is 4.79 Å². The molecule has 3 rings (SSSR count). The van der Waals surface area contributed by atoms with Gasteiger partial charge in [-0.25, -0.2) is 4.98 Å². The van der Waals surface area contributed by atoms with E-state index in [1.54, 1.807) is 35.4 Å². The van der Waals surface area contributed by atoms with E-state index in [1.165, 1.54) is 0 Å². The molecule has 0 saturated heterocycles. The number of rotatable bonds is 4. The molecular weight excluding hydrogens is 363 g/mol. The number of carbonyl (C=O) groups excluding carboxylic acids is 1. The Hall–Kier alpha value is -1.62. The van der Waals surface area contributed by atoms with Crippen molar-refractivity contribution in [3.63, 3.8) is 0 Å². The Kier molecular flexibility index (Phi) is 5.09. The zero-order valence-corrected chi connectivity index (χ0v) is 15.6. The van der Waals surface area contributed by atoms with Gasteiger partial charge in [-0.2, -0.15) is 0 Å². The van der Waals surface area contributed by atoms with Gasteiger partial charge in [-0.3, -0.25) is 4.79 Å². The van der Waals surface area contributed by atoms with Gasteiger partial charge in [0.1, 0.15) is 5.01 Å². The highest BCUT2D eigenvalue weighted by Crippen LogP contribution is 2.29. The third-order valence-electron chi connectivity index (χ3n) is 3.98. The molecule has 6 heteroatoms. The van der Waals surface area contributed by atoms with Crippen LogP contribution in [0, 0.1) is 0 Å². The Balaban J connectivity index is 1.75. The van der Waals surface area contributed by atoms with Crippen LogP contribution in [0.15, 0.2) is 42.5 Å². The molecule has 124 valence electrons. The Labute approximate surface area is 154 Å². The van der Waals surface area contributed by atoms with Gasteiger partial charge in [0, 0.05) is 7.05 Å². The summed E-state index contributed by atoms with van der Waals surface area (Å²) in [5.41, 5.74) is 1.81. The largest absolute Gasteiger partial charge is 0.336 e. The highest BCUT2D eigenvalue weighted by Gasteiger charge is 2.21. The molecule has 24 heavy (non-hydrogen) atoms. The highest BCUT2D eigenvalue weighted by atomic mass is 35.5. The third-order valence-corrected chi connectivity index (χ3v) is 5.93. The van der Waals surface area contributed by atoms with Gasteiger partial charge in [0.05, 0.1) is 32.7 Å². The molecule has 3 nitrogen and oxygen atoms in total. The zero-order valence-electron chi connectivity index (χ0n) is 13.3. The van der Waals surface area contributed by atoms with E-state index in [0.717, 1.165) is 20.8 Å². The third kappa shape index (κ3) is 3.56. The summed E-state index contributed by atoms with van der Waals surface area (Å²) < 4.78 is 1.13. The van der Waals surface area contributed by atoms with Crippen molar-refractivity contribution in [3.8, 4) is 0 Å². The molecular formula is C18H16Cl2N2OS. The quantitative estimate of drug-likeness (QED) is 0.611. The van der Waals surface area contributed by atoms with Crippen LogP contribution in [0.2, 0.25) is 10.0 Å². The number of aromatic nitrogens is 1. The highest BCUT2D eigenvalue weighted by molar-refractivity contribution is 7.18. The Morgan fingerprint density at radius 1 is 1.21 bits per heavy atom. The van der Waals surface area contributed by atoms with Crippen LogP contribution in [-0.2, 0) is 11.2 Å². The Morgan fingerprint density at radius 3 is 2.67 bits per heavy atom. The molecule has 1 aromatic heterocycles. The van der Waals surface area contributed by atoms with Crippen LogP contribution in [-0.4, -0.2) is 22.8 Å².